The predicted molar refractivity (Wildman–Crippen MR) is 195 cm³/mol. The number of halogens is 2. The molecular formula is C36H26Cl2N6O11. The molecule has 0 fully saturated rings. The van der Waals surface area contributed by atoms with Crippen LogP contribution < -0.4 is 30.4 Å². The number of carbonyl (C=O) groups is 2. The zero-order valence-corrected chi connectivity index (χ0v) is 29.4. The third-order valence-electron chi connectivity index (χ3n) is 7.52. The van der Waals surface area contributed by atoms with Gasteiger partial charge < -0.3 is 54.6 Å². The first-order valence-electron chi connectivity index (χ1n) is 15.6. The standard InChI is InChI=1S/C18H12ClN3O5.C10H6ClNO3.C8H8N2O3/c19-13-4-2-1-3-11(13)16-12(8-26-21-16)18(23)27-22-17(20)10-5-6-14-15(7-10)25-9-24-14;11-8-4-2-1-3-6(8)9-7(10(13)14)5-15-12-9;9-8(10-11)5-1-2-6-7(3-5)13-4-12-6/h1-8H,9H2,(H2,20,22);1-5H,(H,13,14);1-3,11H,4H2,(H2,9,10). The smallest absolute Gasteiger partial charge is 0.371 e. The summed E-state index contributed by atoms with van der Waals surface area (Å²) in [6, 6.07) is 23.9. The number of carboxylic acids is 1. The molecule has 2 aromatic heterocycles. The van der Waals surface area contributed by atoms with Gasteiger partial charge in [0.1, 0.15) is 35.0 Å². The van der Waals surface area contributed by atoms with E-state index in [0.717, 1.165) is 12.5 Å². The van der Waals surface area contributed by atoms with E-state index in [0.29, 0.717) is 55.3 Å². The molecule has 0 bridgehead atoms. The molecule has 0 atom stereocenters. The molecular weight excluding hydrogens is 763 g/mol. The fraction of sp³-hybridized carbons (Fsp3) is 0.0556. The minimum absolute atomic E-state index is 0.00241. The largest absolute Gasteiger partial charge is 0.477 e. The Morgan fingerprint density at radius 3 is 1.65 bits per heavy atom. The number of hydrogen-bond acceptors (Lipinski definition) is 14. The first-order chi connectivity index (χ1) is 26.6. The zero-order valence-electron chi connectivity index (χ0n) is 27.9. The second kappa shape index (κ2) is 17.1. The van der Waals surface area contributed by atoms with Crippen LogP contribution in [0.4, 0.5) is 0 Å². The normalized spacial score (nSPS) is 12.5. The maximum Gasteiger partial charge on any atom is 0.371 e. The van der Waals surface area contributed by atoms with Crippen LogP contribution in [0.25, 0.3) is 22.5 Å². The summed E-state index contributed by atoms with van der Waals surface area (Å²) in [5.41, 5.74) is 14.0. The van der Waals surface area contributed by atoms with Gasteiger partial charge in [-0.25, -0.2) is 9.59 Å². The second-order valence-corrected chi connectivity index (χ2v) is 11.7. The summed E-state index contributed by atoms with van der Waals surface area (Å²) < 4.78 is 30.3. The summed E-state index contributed by atoms with van der Waals surface area (Å²) in [5.74, 6) is 0.615. The van der Waals surface area contributed by atoms with Gasteiger partial charge in [0.05, 0.1) is 10.0 Å². The number of benzene rings is 4. The zero-order chi connectivity index (χ0) is 38.9. The fourth-order valence-electron chi connectivity index (χ4n) is 4.83. The Morgan fingerprint density at radius 1 is 0.673 bits per heavy atom. The van der Waals surface area contributed by atoms with Gasteiger partial charge in [0.2, 0.25) is 13.6 Å². The number of hydrogen-bond donors (Lipinski definition) is 4. The number of rotatable bonds is 7. The van der Waals surface area contributed by atoms with Crippen molar-refractivity contribution in [2.75, 3.05) is 13.6 Å². The van der Waals surface area contributed by atoms with Crippen molar-refractivity contribution in [3.8, 4) is 45.5 Å². The number of carbonyl (C=O) groups excluding carboxylic acids is 1. The molecule has 6 aromatic rings. The molecule has 0 amide bonds. The van der Waals surface area contributed by atoms with E-state index in [1.807, 2.05) is 0 Å². The van der Waals surface area contributed by atoms with Crippen LogP contribution in [-0.2, 0) is 4.84 Å². The van der Waals surface area contributed by atoms with Gasteiger partial charge in [0.25, 0.3) is 0 Å². The topological polar surface area (TPSA) is 250 Å². The molecule has 2 aliphatic rings. The Kier molecular flexibility index (Phi) is 11.6. The number of oxime groups is 2. The highest BCUT2D eigenvalue weighted by Crippen LogP contribution is 2.34. The molecule has 6 N–H and O–H groups in total. The van der Waals surface area contributed by atoms with Crippen molar-refractivity contribution in [1.29, 1.82) is 0 Å². The molecule has 55 heavy (non-hydrogen) atoms. The van der Waals surface area contributed by atoms with E-state index in [1.54, 1.807) is 84.9 Å². The number of aromatic nitrogens is 2. The van der Waals surface area contributed by atoms with Gasteiger partial charge in [-0.2, -0.15) is 0 Å². The number of aromatic carboxylic acids is 1. The van der Waals surface area contributed by atoms with Crippen molar-refractivity contribution >= 4 is 46.8 Å². The van der Waals surface area contributed by atoms with E-state index in [2.05, 4.69) is 25.1 Å². The van der Waals surface area contributed by atoms with Crippen LogP contribution in [0.2, 0.25) is 10.0 Å². The molecule has 17 nitrogen and oxygen atoms in total. The molecule has 4 heterocycles. The molecule has 0 radical (unpaired) electrons. The first kappa shape index (κ1) is 37.5. The predicted octanol–water partition coefficient (Wildman–Crippen LogP) is 6.40. The lowest BCUT2D eigenvalue weighted by Crippen LogP contribution is -2.15. The number of amidine groups is 2. The van der Waals surface area contributed by atoms with Crippen molar-refractivity contribution in [1.82, 2.24) is 10.3 Å². The molecule has 19 heteroatoms. The number of nitrogens with zero attached hydrogens (tertiary/aromatic N) is 4. The third kappa shape index (κ3) is 8.70. The maximum atomic E-state index is 12.4. The Balaban J connectivity index is 0.000000155. The number of ether oxygens (including phenoxy) is 4. The van der Waals surface area contributed by atoms with Gasteiger partial charge in [0, 0.05) is 22.3 Å². The molecule has 280 valence electrons. The van der Waals surface area contributed by atoms with E-state index >= 15 is 0 Å². The maximum absolute atomic E-state index is 12.4. The Hall–Kier alpha value is -7.24. The molecule has 4 aromatic carbocycles. The summed E-state index contributed by atoms with van der Waals surface area (Å²) in [4.78, 5) is 28.1. The van der Waals surface area contributed by atoms with Gasteiger partial charge in [0.15, 0.2) is 34.7 Å². The minimum atomic E-state index is -1.09. The molecule has 0 aliphatic carbocycles. The molecule has 8 rings (SSSR count). The van der Waals surface area contributed by atoms with Gasteiger partial charge in [-0.05, 0) is 48.5 Å². The molecule has 0 saturated carbocycles. The van der Waals surface area contributed by atoms with E-state index in [9.17, 15) is 9.59 Å². The Labute approximate surface area is 319 Å². The van der Waals surface area contributed by atoms with E-state index in [4.69, 9.17) is 73.3 Å². The molecule has 0 saturated heterocycles. The van der Waals surface area contributed by atoms with Crippen molar-refractivity contribution in [3.63, 3.8) is 0 Å². The van der Waals surface area contributed by atoms with E-state index in [-0.39, 0.29) is 47.8 Å². The number of nitrogens with two attached hydrogens (primary N) is 2. The third-order valence-corrected chi connectivity index (χ3v) is 8.18. The highest BCUT2D eigenvalue weighted by atomic mass is 35.5. The van der Waals surface area contributed by atoms with E-state index in [1.165, 1.54) is 0 Å². The first-order valence-corrected chi connectivity index (χ1v) is 16.3. The van der Waals surface area contributed by atoms with Gasteiger partial charge in [-0.1, -0.05) is 80.2 Å². The van der Waals surface area contributed by atoms with E-state index < -0.39 is 11.9 Å². The average molecular weight is 790 g/mol. The highest BCUT2D eigenvalue weighted by molar-refractivity contribution is 6.33. The summed E-state index contributed by atoms with van der Waals surface area (Å²) in [7, 11) is 0. The van der Waals surface area contributed by atoms with Gasteiger partial charge >= 0.3 is 11.9 Å². The van der Waals surface area contributed by atoms with Crippen LogP contribution in [0, 0.1) is 0 Å². The Morgan fingerprint density at radius 2 is 1.15 bits per heavy atom. The second-order valence-electron chi connectivity index (χ2n) is 10.9. The lowest BCUT2D eigenvalue weighted by atomic mass is 10.1. The lowest BCUT2D eigenvalue weighted by Gasteiger charge is -2.03. The van der Waals surface area contributed by atoms with Gasteiger partial charge in [-0.15, -0.1) is 0 Å². The Bertz CT molecular complexity index is 2410. The van der Waals surface area contributed by atoms with Crippen molar-refractivity contribution < 1.29 is 52.7 Å². The van der Waals surface area contributed by atoms with Crippen molar-refractivity contribution in [2.45, 2.75) is 0 Å². The summed E-state index contributed by atoms with van der Waals surface area (Å²) in [6.45, 7) is 0.359. The average Bonchev–Trinajstić information content (AvgIpc) is 4.04. The van der Waals surface area contributed by atoms with Crippen LogP contribution in [-0.4, -0.2) is 57.8 Å². The number of fused-ring (bicyclic) bond motifs is 2. The summed E-state index contributed by atoms with van der Waals surface area (Å²) in [6.07, 6.45) is 2.24. The fourth-order valence-corrected chi connectivity index (χ4v) is 5.28. The lowest BCUT2D eigenvalue weighted by molar-refractivity contribution is 0.0515. The molecule has 0 spiro atoms. The van der Waals surface area contributed by atoms with Crippen LogP contribution in [0.3, 0.4) is 0 Å². The molecule has 2 aliphatic heterocycles. The SMILES string of the molecule is N/C(=N\O)c1ccc2c(c1)OCO2.N/C(=N\OC(=O)c1conc1-c1ccccc1Cl)c1ccc2c(c1)OCO2.O=C(O)c1conc1-c1ccccc1Cl. The van der Waals surface area contributed by atoms with Crippen LogP contribution >= 0.6 is 23.2 Å². The quantitative estimate of drug-likeness (QED) is 0.0449. The monoisotopic (exact) mass is 788 g/mol. The van der Waals surface area contributed by atoms with Crippen LogP contribution in [0.1, 0.15) is 31.8 Å². The van der Waals surface area contributed by atoms with Crippen LogP contribution in [0.15, 0.2) is 117 Å². The number of carboxylic acid groups (broad SMARTS) is 1. The molecule has 0 unspecified atom stereocenters. The van der Waals surface area contributed by atoms with Crippen LogP contribution in [0.5, 0.6) is 23.0 Å². The van der Waals surface area contributed by atoms with Gasteiger partial charge in [-0.3, -0.25) is 0 Å². The summed E-state index contributed by atoms with van der Waals surface area (Å²) in [5, 5.41) is 32.2. The minimum Gasteiger partial charge on any atom is -0.477 e. The van der Waals surface area contributed by atoms with Crippen molar-refractivity contribution in [3.05, 3.63) is 130 Å². The summed E-state index contributed by atoms with van der Waals surface area (Å²) >= 11 is 12.1. The van der Waals surface area contributed by atoms with Crippen molar-refractivity contribution in [2.24, 2.45) is 21.8 Å². The highest BCUT2D eigenvalue weighted by Gasteiger charge is 2.22.